The lowest BCUT2D eigenvalue weighted by Gasteiger charge is -2.41. The van der Waals surface area contributed by atoms with E-state index in [1.54, 1.807) is 12.4 Å². The zero-order chi connectivity index (χ0) is 13.6. The van der Waals surface area contributed by atoms with Crippen LogP contribution in [0.15, 0.2) is 24.5 Å². The highest BCUT2D eigenvalue weighted by molar-refractivity contribution is 5.75. The Morgan fingerprint density at radius 1 is 1.37 bits per heavy atom. The summed E-state index contributed by atoms with van der Waals surface area (Å²) >= 11 is 0. The molecule has 0 aliphatic heterocycles. The minimum atomic E-state index is 0.147. The van der Waals surface area contributed by atoms with Crippen molar-refractivity contribution in [3.8, 4) is 0 Å². The molecule has 4 heteroatoms. The van der Waals surface area contributed by atoms with Gasteiger partial charge in [-0.25, -0.2) is 0 Å². The number of nitrogens with zero attached hydrogens (tertiary/aromatic N) is 1. The quantitative estimate of drug-likeness (QED) is 0.784. The smallest absolute Gasteiger partial charge is 0.220 e. The maximum atomic E-state index is 11.8. The SMILES string of the molecule is NCC1(CNC(=O)CCCc2ccncc2)CCC1. The summed E-state index contributed by atoms with van der Waals surface area (Å²) in [6.45, 7) is 1.43. The Hall–Kier alpha value is -1.42. The number of nitrogens with one attached hydrogen (secondary N) is 1. The van der Waals surface area contributed by atoms with Crippen LogP contribution in [-0.2, 0) is 11.2 Å². The van der Waals surface area contributed by atoms with E-state index in [0.29, 0.717) is 13.0 Å². The van der Waals surface area contributed by atoms with Gasteiger partial charge in [-0.05, 0) is 55.3 Å². The van der Waals surface area contributed by atoms with Gasteiger partial charge in [0.25, 0.3) is 0 Å². The molecule has 1 aliphatic carbocycles. The summed E-state index contributed by atoms with van der Waals surface area (Å²) in [6.07, 6.45) is 9.52. The summed E-state index contributed by atoms with van der Waals surface area (Å²) in [4.78, 5) is 15.8. The van der Waals surface area contributed by atoms with Gasteiger partial charge >= 0.3 is 0 Å². The molecule has 0 bridgehead atoms. The van der Waals surface area contributed by atoms with E-state index < -0.39 is 0 Å². The second-order valence-electron chi connectivity index (χ2n) is 5.54. The normalized spacial score (nSPS) is 16.7. The molecule has 1 aromatic heterocycles. The fourth-order valence-corrected chi connectivity index (χ4v) is 2.51. The summed E-state index contributed by atoms with van der Waals surface area (Å²) in [5.41, 5.74) is 7.21. The molecular formula is C15H23N3O. The van der Waals surface area contributed by atoms with E-state index in [9.17, 15) is 4.79 Å². The number of aromatic nitrogens is 1. The Bertz CT molecular complexity index is 396. The van der Waals surface area contributed by atoms with Gasteiger partial charge < -0.3 is 11.1 Å². The van der Waals surface area contributed by atoms with Gasteiger partial charge in [-0.3, -0.25) is 9.78 Å². The summed E-state index contributed by atoms with van der Waals surface area (Å²) in [5, 5.41) is 3.03. The first kappa shape index (κ1) is 14.0. The van der Waals surface area contributed by atoms with E-state index in [1.165, 1.54) is 12.0 Å². The number of amides is 1. The minimum Gasteiger partial charge on any atom is -0.355 e. The lowest BCUT2D eigenvalue weighted by molar-refractivity contribution is -0.122. The molecule has 19 heavy (non-hydrogen) atoms. The molecule has 0 radical (unpaired) electrons. The molecule has 0 unspecified atom stereocenters. The Morgan fingerprint density at radius 3 is 2.68 bits per heavy atom. The third kappa shape index (κ3) is 4.03. The molecule has 1 saturated carbocycles. The average Bonchev–Trinajstić information content (AvgIpc) is 2.39. The largest absolute Gasteiger partial charge is 0.355 e. The van der Waals surface area contributed by atoms with Crippen molar-refractivity contribution in [2.45, 2.75) is 38.5 Å². The third-order valence-corrected chi connectivity index (χ3v) is 4.13. The highest BCUT2D eigenvalue weighted by Gasteiger charge is 2.35. The van der Waals surface area contributed by atoms with Crippen molar-refractivity contribution in [1.29, 1.82) is 0 Å². The highest BCUT2D eigenvalue weighted by Crippen LogP contribution is 2.39. The highest BCUT2D eigenvalue weighted by atomic mass is 16.1. The summed E-state index contributed by atoms with van der Waals surface area (Å²) < 4.78 is 0. The Balaban J connectivity index is 1.62. The van der Waals surface area contributed by atoms with E-state index in [1.807, 2.05) is 12.1 Å². The van der Waals surface area contributed by atoms with Gasteiger partial charge in [-0.2, -0.15) is 0 Å². The van der Waals surface area contributed by atoms with Crippen LogP contribution >= 0.6 is 0 Å². The van der Waals surface area contributed by atoms with Crippen LogP contribution in [0.3, 0.4) is 0 Å². The number of hydrogen-bond donors (Lipinski definition) is 2. The van der Waals surface area contributed by atoms with Crippen LogP contribution in [-0.4, -0.2) is 24.0 Å². The van der Waals surface area contributed by atoms with Gasteiger partial charge in [-0.1, -0.05) is 6.42 Å². The summed E-state index contributed by atoms with van der Waals surface area (Å²) in [7, 11) is 0. The van der Waals surface area contributed by atoms with Crippen LogP contribution in [0.4, 0.5) is 0 Å². The first-order chi connectivity index (χ1) is 9.24. The third-order valence-electron chi connectivity index (χ3n) is 4.13. The lowest BCUT2D eigenvalue weighted by Crippen LogP contribution is -2.46. The standard InChI is InChI=1S/C15H23N3O/c16-11-15(7-2-8-15)12-18-14(19)4-1-3-13-5-9-17-10-6-13/h5-6,9-10H,1-4,7-8,11-12,16H2,(H,18,19). The van der Waals surface area contributed by atoms with Crippen molar-refractivity contribution in [3.63, 3.8) is 0 Å². The van der Waals surface area contributed by atoms with Crippen molar-refractivity contribution in [1.82, 2.24) is 10.3 Å². The van der Waals surface area contributed by atoms with Crippen molar-refractivity contribution >= 4 is 5.91 Å². The van der Waals surface area contributed by atoms with Crippen molar-refractivity contribution < 1.29 is 4.79 Å². The molecule has 0 aromatic carbocycles. The number of pyridine rings is 1. The Morgan fingerprint density at radius 2 is 2.11 bits per heavy atom. The second kappa shape index (κ2) is 6.66. The maximum Gasteiger partial charge on any atom is 0.220 e. The number of hydrogen-bond acceptors (Lipinski definition) is 3. The van der Waals surface area contributed by atoms with Crippen LogP contribution in [0.1, 0.15) is 37.7 Å². The molecule has 3 N–H and O–H groups in total. The monoisotopic (exact) mass is 261 g/mol. The molecule has 0 saturated heterocycles. The van der Waals surface area contributed by atoms with E-state index in [4.69, 9.17) is 5.73 Å². The van der Waals surface area contributed by atoms with Gasteiger partial charge in [0.05, 0.1) is 0 Å². The minimum absolute atomic E-state index is 0.147. The molecule has 0 spiro atoms. The molecule has 4 nitrogen and oxygen atoms in total. The van der Waals surface area contributed by atoms with E-state index in [2.05, 4.69) is 10.3 Å². The molecule has 1 aromatic rings. The van der Waals surface area contributed by atoms with Crippen LogP contribution in [0.5, 0.6) is 0 Å². The number of carbonyl (C=O) groups is 1. The van der Waals surface area contributed by atoms with E-state index in [0.717, 1.165) is 32.2 Å². The molecule has 0 atom stereocenters. The van der Waals surface area contributed by atoms with Gasteiger partial charge in [0.2, 0.25) is 5.91 Å². The van der Waals surface area contributed by atoms with Crippen LogP contribution in [0.25, 0.3) is 0 Å². The molecular weight excluding hydrogens is 238 g/mol. The zero-order valence-corrected chi connectivity index (χ0v) is 11.4. The number of rotatable bonds is 7. The van der Waals surface area contributed by atoms with Crippen molar-refractivity contribution in [2.24, 2.45) is 11.1 Å². The maximum absolute atomic E-state index is 11.8. The van der Waals surface area contributed by atoms with Crippen molar-refractivity contribution in [2.75, 3.05) is 13.1 Å². The van der Waals surface area contributed by atoms with Crippen molar-refractivity contribution in [3.05, 3.63) is 30.1 Å². The van der Waals surface area contributed by atoms with Gasteiger partial charge in [-0.15, -0.1) is 0 Å². The number of carbonyl (C=O) groups excluding carboxylic acids is 1. The molecule has 1 heterocycles. The Kier molecular flexibility index (Phi) is 4.91. The second-order valence-corrected chi connectivity index (χ2v) is 5.54. The molecule has 1 amide bonds. The summed E-state index contributed by atoms with van der Waals surface area (Å²) in [5.74, 6) is 0.147. The molecule has 2 rings (SSSR count). The number of nitrogens with two attached hydrogens (primary N) is 1. The van der Waals surface area contributed by atoms with Gasteiger partial charge in [0.1, 0.15) is 0 Å². The Labute approximate surface area is 114 Å². The lowest BCUT2D eigenvalue weighted by atomic mass is 9.69. The average molecular weight is 261 g/mol. The zero-order valence-electron chi connectivity index (χ0n) is 11.4. The topological polar surface area (TPSA) is 68.0 Å². The molecule has 1 fully saturated rings. The first-order valence-corrected chi connectivity index (χ1v) is 7.10. The van der Waals surface area contributed by atoms with Gasteiger partial charge in [0.15, 0.2) is 0 Å². The van der Waals surface area contributed by atoms with Gasteiger partial charge in [0, 0.05) is 25.4 Å². The van der Waals surface area contributed by atoms with Crippen LogP contribution in [0.2, 0.25) is 0 Å². The fraction of sp³-hybridized carbons (Fsp3) is 0.600. The predicted molar refractivity (Wildman–Crippen MR) is 75.5 cm³/mol. The van der Waals surface area contributed by atoms with E-state index in [-0.39, 0.29) is 11.3 Å². The predicted octanol–water partition coefficient (Wildman–Crippen LogP) is 1.65. The molecule has 1 aliphatic rings. The van der Waals surface area contributed by atoms with E-state index >= 15 is 0 Å². The fourth-order valence-electron chi connectivity index (χ4n) is 2.51. The van der Waals surface area contributed by atoms with Crippen LogP contribution in [0, 0.1) is 5.41 Å². The molecule has 104 valence electrons. The van der Waals surface area contributed by atoms with Crippen LogP contribution < -0.4 is 11.1 Å². The number of aryl methyl sites for hydroxylation is 1. The summed E-state index contributed by atoms with van der Waals surface area (Å²) in [6, 6.07) is 3.99. The first-order valence-electron chi connectivity index (χ1n) is 7.10.